The molecule has 0 amide bonds. The first-order valence-corrected chi connectivity index (χ1v) is 7.33. The minimum atomic E-state index is -0.272. The van der Waals surface area contributed by atoms with E-state index in [1.165, 1.54) is 30.2 Å². The number of ketones is 1. The summed E-state index contributed by atoms with van der Waals surface area (Å²) in [5.74, 6) is 0.834. The van der Waals surface area contributed by atoms with Gasteiger partial charge in [-0.3, -0.25) is 4.79 Å². The highest BCUT2D eigenvalue weighted by molar-refractivity contribution is 8.00. The molecule has 6 heteroatoms. The number of aromatic nitrogens is 3. The molecule has 0 unspecified atom stereocenters. The summed E-state index contributed by atoms with van der Waals surface area (Å²) < 4.78 is 14.5. The van der Waals surface area contributed by atoms with Gasteiger partial charge in [-0.1, -0.05) is 0 Å². The second-order valence-electron chi connectivity index (χ2n) is 4.67. The monoisotopic (exact) mass is 293 g/mol. The van der Waals surface area contributed by atoms with E-state index >= 15 is 0 Å². The summed E-state index contributed by atoms with van der Waals surface area (Å²) in [5, 5.41) is 4.10. The van der Waals surface area contributed by atoms with E-state index in [0.717, 1.165) is 4.90 Å². The van der Waals surface area contributed by atoms with E-state index in [1.54, 1.807) is 16.8 Å². The van der Waals surface area contributed by atoms with E-state index in [-0.39, 0.29) is 24.1 Å². The van der Waals surface area contributed by atoms with Crippen LogP contribution in [0.25, 0.3) is 0 Å². The lowest BCUT2D eigenvalue weighted by molar-refractivity contribution is -0.116. The van der Waals surface area contributed by atoms with Crippen molar-refractivity contribution >= 4 is 17.5 Å². The molecule has 2 rings (SSSR count). The maximum atomic E-state index is 12.8. The molecule has 4 nitrogen and oxygen atoms in total. The lowest BCUT2D eigenvalue weighted by atomic mass is 10.3. The van der Waals surface area contributed by atoms with Gasteiger partial charge in [-0.25, -0.2) is 14.1 Å². The topological polar surface area (TPSA) is 47.8 Å². The van der Waals surface area contributed by atoms with Gasteiger partial charge >= 0.3 is 0 Å². The Morgan fingerprint density at radius 1 is 1.35 bits per heavy atom. The van der Waals surface area contributed by atoms with E-state index in [4.69, 9.17) is 0 Å². The van der Waals surface area contributed by atoms with E-state index < -0.39 is 0 Å². The number of thioether (sulfide) groups is 1. The average Bonchev–Trinajstić information content (AvgIpc) is 2.86. The first-order chi connectivity index (χ1) is 9.56. The second kappa shape index (κ2) is 6.65. The van der Waals surface area contributed by atoms with Crippen LogP contribution >= 0.6 is 11.8 Å². The van der Waals surface area contributed by atoms with Crippen molar-refractivity contribution in [3.8, 4) is 0 Å². The third-order valence-electron chi connectivity index (χ3n) is 2.71. The van der Waals surface area contributed by atoms with Gasteiger partial charge < -0.3 is 0 Å². The highest BCUT2D eigenvalue weighted by Gasteiger charge is 2.12. The lowest BCUT2D eigenvalue weighted by Gasteiger charge is -2.08. The van der Waals surface area contributed by atoms with Crippen LogP contribution < -0.4 is 0 Å². The van der Waals surface area contributed by atoms with Gasteiger partial charge in [-0.05, 0) is 38.1 Å². The van der Waals surface area contributed by atoms with Crippen LogP contribution in [0.4, 0.5) is 4.39 Å². The minimum Gasteiger partial charge on any atom is -0.298 e. The molecule has 0 saturated heterocycles. The maximum absolute atomic E-state index is 12.8. The third kappa shape index (κ3) is 3.90. The summed E-state index contributed by atoms with van der Waals surface area (Å²) in [5.41, 5.74) is 0. The van der Waals surface area contributed by atoms with Crippen molar-refractivity contribution in [3.05, 3.63) is 42.2 Å². The number of hydrogen-bond acceptors (Lipinski definition) is 4. The summed E-state index contributed by atoms with van der Waals surface area (Å²) in [6.45, 7) is 3.99. The fourth-order valence-corrected chi connectivity index (χ4v) is 2.51. The Morgan fingerprint density at radius 2 is 2.05 bits per heavy atom. The van der Waals surface area contributed by atoms with E-state index in [0.29, 0.717) is 11.6 Å². The van der Waals surface area contributed by atoms with E-state index in [1.807, 2.05) is 13.8 Å². The Morgan fingerprint density at radius 3 is 2.70 bits per heavy atom. The van der Waals surface area contributed by atoms with Crippen molar-refractivity contribution in [2.75, 3.05) is 5.75 Å². The Labute approximate surface area is 121 Å². The summed E-state index contributed by atoms with van der Waals surface area (Å²) in [4.78, 5) is 16.9. The second-order valence-corrected chi connectivity index (χ2v) is 5.72. The fraction of sp³-hybridized carbons (Fsp3) is 0.357. The molecule has 1 aromatic heterocycles. The van der Waals surface area contributed by atoms with Gasteiger partial charge in [-0.2, -0.15) is 5.10 Å². The van der Waals surface area contributed by atoms with Crippen LogP contribution in [-0.2, 0) is 11.2 Å². The number of carbonyl (C=O) groups excluding carboxylic acids is 1. The van der Waals surface area contributed by atoms with Crippen LogP contribution in [0.2, 0.25) is 0 Å². The minimum absolute atomic E-state index is 0.0780. The number of hydrogen-bond donors (Lipinski definition) is 0. The summed E-state index contributed by atoms with van der Waals surface area (Å²) in [6, 6.07) is 6.31. The molecule has 0 aliphatic carbocycles. The smallest absolute Gasteiger partial charge is 0.150 e. The summed E-state index contributed by atoms with van der Waals surface area (Å²) >= 11 is 1.40. The summed E-state index contributed by atoms with van der Waals surface area (Å²) in [7, 11) is 0. The average molecular weight is 293 g/mol. The molecule has 0 radical (unpaired) electrons. The molecule has 0 spiro atoms. The van der Waals surface area contributed by atoms with E-state index in [2.05, 4.69) is 10.1 Å². The van der Waals surface area contributed by atoms with E-state index in [9.17, 15) is 9.18 Å². The Bertz CT molecular complexity index is 580. The lowest BCUT2D eigenvalue weighted by Crippen LogP contribution is -2.14. The number of carbonyl (C=O) groups is 1. The molecule has 0 aliphatic heterocycles. The van der Waals surface area contributed by atoms with Crippen molar-refractivity contribution in [1.29, 1.82) is 0 Å². The van der Waals surface area contributed by atoms with Gasteiger partial charge in [0.2, 0.25) is 0 Å². The molecule has 1 aromatic carbocycles. The van der Waals surface area contributed by atoms with Crippen molar-refractivity contribution in [2.45, 2.75) is 31.2 Å². The molecular weight excluding hydrogens is 277 g/mol. The van der Waals surface area contributed by atoms with Crippen LogP contribution in [0.5, 0.6) is 0 Å². The number of Topliss-reactive ketones (excluding diaryl/α,β-unsaturated/α-hetero) is 1. The Hall–Kier alpha value is -1.69. The van der Waals surface area contributed by atoms with Gasteiger partial charge in [0, 0.05) is 10.9 Å². The summed E-state index contributed by atoms with van der Waals surface area (Å²) in [6.07, 6.45) is 1.74. The molecule has 20 heavy (non-hydrogen) atoms. The SMILES string of the molecule is CC(C)n1ncnc1CC(=O)CSc1ccc(F)cc1. The fourth-order valence-electron chi connectivity index (χ4n) is 1.75. The van der Waals surface area contributed by atoms with Gasteiger partial charge in [0.15, 0.2) is 5.78 Å². The van der Waals surface area contributed by atoms with Crippen LogP contribution in [0.3, 0.4) is 0 Å². The van der Waals surface area contributed by atoms with Crippen molar-refractivity contribution in [3.63, 3.8) is 0 Å². The zero-order chi connectivity index (χ0) is 14.5. The zero-order valence-electron chi connectivity index (χ0n) is 11.4. The van der Waals surface area contributed by atoms with Crippen molar-refractivity contribution < 1.29 is 9.18 Å². The quantitative estimate of drug-likeness (QED) is 0.768. The predicted octanol–water partition coefficient (Wildman–Crippen LogP) is 2.90. The molecule has 2 aromatic rings. The van der Waals surface area contributed by atoms with Gasteiger partial charge in [0.05, 0.1) is 12.2 Å². The van der Waals surface area contributed by atoms with Crippen LogP contribution in [0.15, 0.2) is 35.5 Å². The number of halogens is 1. The van der Waals surface area contributed by atoms with Crippen LogP contribution in [0, 0.1) is 5.82 Å². The van der Waals surface area contributed by atoms with Gasteiger partial charge in [0.25, 0.3) is 0 Å². The number of benzene rings is 1. The molecule has 1 heterocycles. The molecule has 0 saturated carbocycles. The highest BCUT2D eigenvalue weighted by atomic mass is 32.2. The first kappa shape index (κ1) is 14.7. The van der Waals surface area contributed by atoms with Crippen molar-refractivity contribution in [2.24, 2.45) is 0 Å². The number of nitrogens with zero attached hydrogens (tertiary/aromatic N) is 3. The molecule has 0 N–H and O–H groups in total. The molecule has 0 fully saturated rings. The number of rotatable bonds is 6. The van der Waals surface area contributed by atoms with Gasteiger partial charge in [0.1, 0.15) is 18.0 Å². The molecule has 0 bridgehead atoms. The van der Waals surface area contributed by atoms with Crippen LogP contribution in [0.1, 0.15) is 25.7 Å². The zero-order valence-corrected chi connectivity index (χ0v) is 12.2. The third-order valence-corrected chi connectivity index (χ3v) is 3.78. The van der Waals surface area contributed by atoms with Gasteiger partial charge in [-0.15, -0.1) is 11.8 Å². The predicted molar refractivity (Wildman–Crippen MR) is 76.2 cm³/mol. The largest absolute Gasteiger partial charge is 0.298 e. The maximum Gasteiger partial charge on any atom is 0.150 e. The molecular formula is C14H16FN3OS. The van der Waals surface area contributed by atoms with Crippen molar-refractivity contribution in [1.82, 2.24) is 14.8 Å². The highest BCUT2D eigenvalue weighted by Crippen LogP contribution is 2.18. The normalized spacial score (nSPS) is 11.0. The molecule has 0 atom stereocenters. The first-order valence-electron chi connectivity index (χ1n) is 6.34. The Balaban J connectivity index is 1.89. The van der Waals surface area contributed by atoms with Crippen LogP contribution in [-0.4, -0.2) is 26.3 Å². The molecule has 106 valence electrons. The standard InChI is InChI=1S/C14H16FN3OS/c1-10(2)18-14(16-9-17-18)7-12(19)8-20-13-5-3-11(15)4-6-13/h3-6,9-10H,7-8H2,1-2H3. The Kier molecular flexibility index (Phi) is 4.89. The molecule has 0 aliphatic rings.